The van der Waals surface area contributed by atoms with Crippen LogP contribution in [0.1, 0.15) is 27.8 Å². The van der Waals surface area contributed by atoms with E-state index in [1.165, 1.54) is 27.8 Å². The molecule has 0 atom stereocenters. The Labute approximate surface area is 130 Å². The highest BCUT2D eigenvalue weighted by atomic mass is 16.5. The van der Waals surface area contributed by atoms with E-state index >= 15 is 0 Å². The molecular weight excluding hydrogens is 306 g/mol. The first-order chi connectivity index (χ1) is 10.9. The monoisotopic (exact) mass is 321 g/mol. The van der Waals surface area contributed by atoms with Gasteiger partial charge in [0.05, 0.1) is 12.8 Å². The Kier molecular flexibility index (Phi) is 4.74. The molecular formula is C13H15N5O5. The van der Waals surface area contributed by atoms with Crippen LogP contribution in [0.5, 0.6) is 0 Å². The number of aryl methyl sites for hydroxylation is 1. The molecule has 10 nitrogen and oxygen atoms in total. The highest BCUT2D eigenvalue weighted by Gasteiger charge is 2.19. The minimum Gasteiger partial charge on any atom is -0.476 e. The van der Waals surface area contributed by atoms with Crippen molar-refractivity contribution in [2.24, 2.45) is 7.05 Å². The van der Waals surface area contributed by atoms with Crippen LogP contribution in [0.4, 0.5) is 5.82 Å². The zero-order valence-corrected chi connectivity index (χ0v) is 12.5. The molecule has 0 aliphatic heterocycles. The Bertz CT molecular complexity index is 748. The van der Waals surface area contributed by atoms with E-state index < -0.39 is 17.8 Å². The molecule has 23 heavy (non-hydrogen) atoms. The zero-order valence-electron chi connectivity index (χ0n) is 12.5. The predicted octanol–water partition coefficient (Wildman–Crippen LogP) is 0.130. The third kappa shape index (κ3) is 3.73. The number of nitrogens with zero attached hydrogens (tertiary/aromatic N) is 4. The van der Waals surface area contributed by atoms with Gasteiger partial charge >= 0.3 is 11.9 Å². The lowest BCUT2D eigenvalue weighted by Crippen LogP contribution is -2.22. The standard InChI is InChI=1S/C13H15N5O5/c1-3-23-13(22)8-6-14-17(2)11(8)15-10(19)7-18-5-4-9(16-18)12(20)21/h4-6H,3,7H2,1-2H3,(H,15,19)(H,20,21). The molecule has 0 radical (unpaired) electrons. The van der Waals surface area contributed by atoms with Gasteiger partial charge in [-0.15, -0.1) is 0 Å². The van der Waals surface area contributed by atoms with Gasteiger partial charge in [0.25, 0.3) is 0 Å². The van der Waals surface area contributed by atoms with Gasteiger partial charge in [-0.2, -0.15) is 10.2 Å². The van der Waals surface area contributed by atoms with Crippen LogP contribution in [0.15, 0.2) is 18.5 Å². The number of carboxylic acids is 1. The number of ether oxygens (including phenoxy) is 1. The number of nitrogens with one attached hydrogen (secondary N) is 1. The average Bonchev–Trinajstić information content (AvgIpc) is 3.07. The first-order valence-electron chi connectivity index (χ1n) is 6.68. The van der Waals surface area contributed by atoms with Gasteiger partial charge in [0.1, 0.15) is 17.9 Å². The van der Waals surface area contributed by atoms with Gasteiger partial charge in [0.2, 0.25) is 5.91 Å². The van der Waals surface area contributed by atoms with Crippen molar-refractivity contribution < 1.29 is 24.2 Å². The normalized spacial score (nSPS) is 10.3. The van der Waals surface area contributed by atoms with E-state index in [9.17, 15) is 14.4 Å². The van der Waals surface area contributed by atoms with Crippen molar-refractivity contribution in [3.8, 4) is 0 Å². The molecule has 122 valence electrons. The average molecular weight is 321 g/mol. The summed E-state index contributed by atoms with van der Waals surface area (Å²) in [7, 11) is 1.56. The zero-order chi connectivity index (χ0) is 17.0. The number of rotatable bonds is 6. The fourth-order valence-corrected chi connectivity index (χ4v) is 1.83. The van der Waals surface area contributed by atoms with Gasteiger partial charge in [-0.05, 0) is 13.0 Å². The number of aromatic carboxylic acids is 1. The molecule has 0 saturated carbocycles. The Morgan fingerprint density at radius 1 is 1.39 bits per heavy atom. The SMILES string of the molecule is CCOC(=O)c1cnn(C)c1NC(=O)Cn1ccc(C(=O)O)n1. The first kappa shape index (κ1) is 16.2. The quantitative estimate of drug-likeness (QED) is 0.723. The van der Waals surface area contributed by atoms with Crippen LogP contribution in [-0.4, -0.2) is 49.1 Å². The van der Waals surface area contributed by atoms with E-state index in [0.717, 1.165) is 0 Å². The van der Waals surface area contributed by atoms with Crippen LogP contribution in [0, 0.1) is 0 Å². The maximum atomic E-state index is 12.0. The fraction of sp³-hybridized carbons (Fsp3) is 0.308. The summed E-state index contributed by atoms with van der Waals surface area (Å²) in [6, 6.07) is 1.28. The third-order valence-corrected chi connectivity index (χ3v) is 2.86. The number of aromatic nitrogens is 4. The third-order valence-electron chi connectivity index (χ3n) is 2.86. The van der Waals surface area contributed by atoms with Gasteiger partial charge in [0.15, 0.2) is 5.69 Å². The second-order valence-electron chi connectivity index (χ2n) is 4.50. The van der Waals surface area contributed by atoms with Crippen molar-refractivity contribution >= 4 is 23.7 Å². The van der Waals surface area contributed by atoms with Gasteiger partial charge in [-0.25, -0.2) is 9.59 Å². The van der Waals surface area contributed by atoms with E-state index in [4.69, 9.17) is 9.84 Å². The van der Waals surface area contributed by atoms with E-state index in [-0.39, 0.29) is 30.2 Å². The summed E-state index contributed by atoms with van der Waals surface area (Å²) in [6.45, 7) is 1.66. The van der Waals surface area contributed by atoms with Crippen molar-refractivity contribution in [2.75, 3.05) is 11.9 Å². The number of hydrogen-bond acceptors (Lipinski definition) is 6. The lowest BCUT2D eigenvalue weighted by molar-refractivity contribution is -0.117. The Hall–Kier alpha value is -3.17. The number of amides is 1. The van der Waals surface area contributed by atoms with Crippen LogP contribution in [0.25, 0.3) is 0 Å². The van der Waals surface area contributed by atoms with Crippen LogP contribution in [-0.2, 0) is 23.1 Å². The molecule has 0 bridgehead atoms. The number of esters is 1. The molecule has 2 aromatic heterocycles. The second kappa shape index (κ2) is 6.73. The van der Waals surface area contributed by atoms with Gasteiger partial charge in [-0.1, -0.05) is 0 Å². The Morgan fingerprint density at radius 2 is 2.13 bits per heavy atom. The van der Waals surface area contributed by atoms with Crippen LogP contribution < -0.4 is 5.32 Å². The van der Waals surface area contributed by atoms with Gasteiger partial charge < -0.3 is 15.2 Å². The van der Waals surface area contributed by atoms with Gasteiger partial charge in [-0.3, -0.25) is 14.2 Å². The summed E-state index contributed by atoms with van der Waals surface area (Å²) in [5.41, 5.74) is -0.0278. The van der Waals surface area contributed by atoms with Crippen molar-refractivity contribution in [1.29, 1.82) is 0 Å². The summed E-state index contributed by atoms with van der Waals surface area (Å²) < 4.78 is 7.39. The predicted molar refractivity (Wildman–Crippen MR) is 77.0 cm³/mol. The minimum atomic E-state index is -1.18. The number of carbonyl (C=O) groups is 3. The fourth-order valence-electron chi connectivity index (χ4n) is 1.83. The number of anilines is 1. The summed E-state index contributed by atoms with van der Waals surface area (Å²) in [5, 5.41) is 19.0. The maximum Gasteiger partial charge on any atom is 0.356 e. The van der Waals surface area contributed by atoms with E-state index in [1.54, 1.807) is 14.0 Å². The van der Waals surface area contributed by atoms with E-state index in [2.05, 4.69) is 15.5 Å². The van der Waals surface area contributed by atoms with Crippen molar-refractivity contribution in [3.63, 3.8) is 0 Å². The lowest BCUT2D eigenvalue weighted by Gasteiger charge is -2.08. The Balaban J connectivity index is 2.09. The Morgan fingerprint density at radius 3 is 2.74 bits per heavy atom. The largest absolute Gasteiger partial charge is 0.476 e. The maximum absolute atomic E-state index is 12.0. The number of carbonyl (C=O) groups excluding carboxylic acids is 2. The van der Waals surface area contributed by atoms with Crippen molar-refractivity contribution in [3.05, 3.63) is 29.7 Å². The molecule has 0 unspecified atom stereocenters. The second-order valence-corrected chi connectivity index (χ2v) is 4.50. The molecule has 0 aliphatic carbocycles. The molecule has 0 fully saturated rings. The molecule has 2 aromatic rings. The van der Waals surface area contributed by atoms with Crippen LogP contribution in [0.3, 0.4) is 0 Å². The van der Waals surface area contributed by atoms with Crippen molar-refractivity contribution in [2.45, 2.75) is 13.5 Å². The summed E-state index contributed by atoms with van der Waals surface area (Å²) >= 11 is 0. The summed E-state index contributed by atoms with van der Waals surface area (Å²) in [4.78, 5) is 34.6. The topological polar surface area (TPSA) is 128 Å². The molecule has 2 heterocycles. The number of hydrogen-bond donors (Lipinski definition) is 2. The molecule has 0 aromatic carbocycles. The molecule has 0 spiro atoms. The minimum absolute atomic E-state index is 0.134. The van der Waals surface area contributed by atoms with Crippen LogP contribution in [0.2, 0.25) is 0 Å². The molecule has 0 aliphatic rings. The lowest BCUT2D eigenvalue weighted by atomic mass is 10.3. The first-order valence-corrected chi connectivity index (χ1v) is 6.68. The smallest absolute Gasteiger partial charge is 0.356 e. The molecule has 2 rings (SSSR count). The molecule has 2 N–H and O–H groups in total. The summed E-state index contributed by atoms with van der Waals surface area (Å²) in [5.74, 6) is -2.07. The molecule has 0 saturated heterocycles. The van der Waals surface area contributed by atoms with Crippen molar-refractivity contribution in [1.82, 2.24) is 19.6 Å². The van der Waals surface area contributed by atoms with E-state index in [1.807, 2.05) is 0 Å². The highest BCUT2D eigenvalue weighted by molar-refractivity contribution is 6.00. The van der Waals surface area contributed by atoms with Crippen LogP contribution >= 0.6 is 0 Å². The summed E-state index contributed by atoms with van der Waals surface area (Å²) in [6.07, 6.45) is 2.67. The molecule has 10 heteroatoms. The van der Waals surface area contributed by atoms with E-state index in [0.29, 0.717) is 0 Å². The number of carboxylic acid groups (broad SMARTS) is 1. The molecule has 1 amide bonds. The highest BCUT2D eigenvalue weighted by Crippen LogP contribution is 2.15. The van der Waals surface area contributed by atoms with Gasteiger partial charge in [0, 0.05) is 13.2 Å².